The van der Waals surface area contributed by atoms with Crippen LogP contribution in [0.3, 0.4) is 0 Å². The number of thiazole rings is 1. The van der Waals surface area contributed by atoms with Gasteiger partial charge in [0.2, 0.25) is 0 Å². The number of hydrogen-bond acceptors (Lipinski definition) is 6. The zero-order chi connectivity index (χ0) is 16.6. The Kier molecular flexibility index (Phi) is 3.78. The second-order valence-corrected chi connectivity index (χ2v) is 5.90. The van der Waals surface area contributed by atoms with Crippen LogP contribution in [0.15, 0.2) is 22.3 Å². The molecule has 0 saturated heterocycles. The quantitative estimate of drug-likeness (QED) is 0.758. The lowest BCUT2D eigenvalue weighted by molar-refractivity contribution is 0.102. The third-order valence-corrected chi connectivity index (χ3v) is 3.85. The van der Waals surface area contributed by atoms with Crippen molar-refractivity contribution in [2.75, 3.05) is 5.32 Å². The van der Waals surface area contributed by atoms with Gasteiger partial charge in [0.1, 0.15) is 5.69 Å². The molecule has 0 fully saturated rings. The number of aromatic amines is 1. The molecule has 3 rings (SSSR count). The molecule has 0 aliphatic rings. The summed E-state index contributed by atoms with van der Waals surface area (Å²) in [6.07, 6.45) is 0. The number of nitrogens with zero attached hydrogens (tertiary/aromatic N) is 4. The summed E-state index contributed by atoms with van der Waals surface area (Å²) < 4.78 is 1.14. The Morgan fingerprint density at radius 1 is 1.13 bits per heavy atom. The second kappa shape index (κ2) is 5.76. The highest BCUT2D eigenvalue weighted by Crippen LogP contribution is 2.15. The monoisotopic (exact) mass is 330 g/mol. The van der Waals surface area contributed by atoms with Crippen LogP contribution < -0.4 is 10.9 Å². The second-order valence-electron chi connectivity index (χ2n) is 5.04. The summed E-state index contributed by atoms with van der Waals surface area (Å²) in [5.41, 5.74) is 2.00. The topological polar surface area (TPSA) is 106 Å². The number of H-pyrrole nitrogens is 1. The van der Waals surface area contributed by atoms with Crippen molar-refractivity contribution in [2.24, 2.45) is 0 Å². The summed E-state index contributed by atoms with van der Waals surface area (Å²) in [6, 6.07) is 3.01. The van der Waals surface area contributed by atoms with Crippen molar-refractivity contribution >= 4 is 22.4 Å². The highest BCUT2D eigenvalue weighted by atomic mass is 32.1. The molecule has 3 aromatic heterocycles. The van der Waals surface area contributed by atoms with Crippen LogP contribution >= 0.6 is 11.3 Å². The van der Waals surface area contributed by atoms with E-state index in [2.05, 4.69) is 25.4 Å². The molecule has 0 bridgehead atoms. The predicted molar refractivity (Wildman–Crippen MR) is 86.3 cm³/mol. The largest absolute Gasteiger partial charge is 0.297 e. The predicted octanol–water partition coefficient (Wildman–Crippen LogP) is 1.59. The first-order valence-corrected chi connectivity index (χ1v) is 7.68. The minimum absolute atomic E-state index is 0.116. The molecule has 0 atom stereocenters. The van der Waals surface area contributed by atoms with E-state index >= 15 is 0 Å². The van der Waals surface area contributed by atoms with Crippen LogP contribution in [0.25, 0.3) is 5.95 Å². The molecule has 3 heterocycles. The Morgan fingerprint density at radius 2 is 1.83 bits per heavy atom. The number of anilines is 1. The van der Waals surface area contributed by atoms with Gasteiger partial charge < -0.3 is 0 Å². The Labute approximate surface area is 135 Å². The first-order valence-electron chi connectivity index (χ1n) is 6.80. The summed E-state index contributed by atoms with van der Waals surface area (Å²) in [5.74, 6) is -0.240. The lowest BCUT2D eigenvalue weighted by atomic mass is 10.4. The van der Waals surface area contributed by atoms with E-state index in [0.29, 0.717) is 5.13 Å². The maximum absolute atomic E-state index is 12.2. The first-order chi connectivity index (χ1) is 10.9. The number of amides is 1. The number of hydrogen-bond donors (Lipinski definition) is 2. The smallest absolute Gasteiger partial charge is 0.275 e. The molecule has 0 aliphatic heterocycles. The number of carbonyl (C=O) groups excluding carboxylic acids is 1. The maximum atomic E-state index is 12.2. The summed E-state index contributed by atoms with van der Waals surface area (Å²) in [4.78, 5) is 36.8. The highest BCUT2D eigenvalue weighted by Gasteiger charge is 2.15. The minimum Gasteiger partial charge on any atom is -0.297 e. The standard InChI is InChI=1S/C14H14N6O2S/c1-7-4-8(2)16-13(15-7)20-11(21)5-10(19-20)12(22)18-14-17-9(3)6-23-14/h4-6,19H,1-3H3,(H,17,18,22). The minimum atomic E-state index is -0.445. The van der Waals surface area contributed by atoms with Gasteiger partial charge in [-0.05, 0) is 26.8 Å². The molecule has 23 heavy (non-hydrogen) atoms. The maximum Gasteiger partial charge on any atom is 0.275 e. The van der Waals surface area contributed by atoms with Crippen LogP contribution in [0.5, 0.6) is 0 Å². The molecule has 0 aliphatic carbocycles. The summed E-state index contributed by atoms with van der Waals surface area (Å²) in [7, 11) is 0. The van der Waals surface area contributed by atoms with Gasteiger partial charge in [0.25, 0.3) is 17.4 Å². The molecule has 2 N–H and O–H groups in total. The van der Waals surface area contributed by atoms with Crippen LogP contribution in [0.2, 0.25) is 0 Å². The van der Waals surface area contributed by atoms with Crippen molar-refractivity contribution in [3.8, 4) is 5.95 Å². The van der Waals surface area contributed by atoms with E-state index < -0.39 is 11.5 Å². The Hall–Kier alpha value is -2.81. The van der Waals surface area contributed by atoms with Gasteiger partial charge in [0.15, 0.2) is 5.13 Å². The van der Waals surface area contributed by atoms with Crippen molar-refractivity contribution < 1.29 is 4.79 Å². The molecular weight excluding hydrogens is 316 g/mol. The van der Waals surface area contributed by atoms with Crippen molar-refractivity contribution in [1.82, 2.24) is 24.7 Å². The van der Waals surface area contributed by atoms with Crippen LogP contribution in [0.4, 0.5) is 5.13 Å². The van der Waals surface area contributed by atoms with Gasteiger partial charge in [-0.1, -0.05) is 0 Å². The Morgan fingerprint density at radius 3 is 2.43 bits per heavy atom. The van der Waals surface area contributed by atoms with Gasteiger partial charge in [-0.3, -0.25) is 20.0 Å². The van der Waals surface area contributed by atoms with Gasteiger partial charge in [0.05, 0.1) is 5.69 Å². The van der Waals surface area contributed by atoms with Crippen molar-refractivity contribution in [3.63, 3.8) is 0 Å². The molecule has 8 nitrogen and oxygen atoms in total. The summed E-state index contributed by atoms with van der Waals surface area (Å²) in [5, 5.41) is 7.66. The first kappa shape index (κ1) is 15.1. The van der Waals surface area contributed by atoms with Crippen molar-refractivity contribution in [1.29, 1.82) is 0 Å². The van der Waals surface area contributed by atoms with Gasteiger partial charge in [-0.25, -0.2) is 15.0 Å². The van der Waals surface area contributed by atoms with E-state index in [1.165, 1.54) is 17.4 Å². The SMILES string of the molecule is Cc1cc(C)nc(-n2[nH]c(C(=O)Nc3nc(C)cs3)cc2=O)n1. The lowest BCUT2D eigenvalue weighted by Gasteiger charge is -2.03. The fraction of sp³-hybridized carbons (Fsp3) is 0.214. The average molecular weight is 330 g/mol. The lowest BCUT2D eigenvalue weighted by Crippen LogP contribution is -2.17. The molecule has 0 saturated carbocycles. The molecule has 3 aromatic rings. The van der Waals surface area contributed by atoms with Gasteiger partial charge in [0, 0.05) is 22.8 Å². The van der Waals surface area contributed by atoms with E-state index in [9.17, 15) is 9.59 Å². The molecule has 118 valence electrons. The van der Waals surface area contributed by atoms with Gasteiger partial charge >= 0.3 is 0 Å². The van der Waals surface area contributed by atoms with Crippen LogP contribution in [0.1, 0.15) is 27.6 Å². The summed E-state index contributed by atoms with van der Waals surface area (Å²) in [6.45, 7) is 5.46. The van der Waals surface area contributed by atoms with Crippen molar-refractivity contribution in [3.05, 3.63) is 50.6 Å². The molecule has 9 heteroatoms. The highest BCUT2D eigenvalue weighted by molar-refractivity contribution is 7.13. The molecule has 1 amide bonds. The third kappa shape index (κ3) is 3.19. The average Bonchev–Trinajstić information content (AvgIpc) is 3.04. The molecule has 0 aromatic carbocycles. The van der Waals surface area contributed by atoms with Crippen LogP contribution in [-0.4, -0.2) is 30.6 Å². The number of aromatic nitrogens is 5. The van der Waals surface area contributed by atoms with E-state index in [1.807, 2.05) is 26.2 Å². The number of carbonyl (C=O) groups is 1. The molecule has 0 spiro atoms. The zero-order valence-corrected chi connectivity index (χ0v) is 13.6. The van der Waals surface area contributed by atoms with E-state index in [-0.39, 0.29) is 11.6 Å². The Balaban J connectivity index is 1.91. The fourth-order valence-electron chi connectivity index (χ4n) is 2.04. The van der Waals surface area contributed by atoms with E-state index in [0.717, 1.165) is 21.8 Å². The van der Waals surface area contributed by atoms with E-state index in [4.69, 9.17) is 0 Å². The van der Waals surface area contributed by atoms with Gasteiger partial charge in [-0.2, -0.15) is 4.68 Å². The number of aryl methyl sites for hydroxylation is 3. The number of nitrogens with one attached hydrogen (secondary N) is 2. The van der Waals surface area contributed by atoms with Gasteiger partial charge in [-0.15, -0.1) is 11.3 Å². The van der Waals surface area contributed by atoms with E-state index in [1.54, 1.807) is 6.07 Å². The normalized spacial score (nSPS) is 10.7. The number of rotatable bonds is 3. The summed E-state index contributed by atoms with van der Waals surface area (Å²) >= 11 is 1.32. The molecular formula is C14H14N6O2S. The molecule has 0 unspecified atom stereocenters. The molecule has 0 radical (unpaired) electrons. The van der Waals surface area contributed by atoms with Crippen LogP contribution in [0, 0.1) is 20.8 Å². The third-order valence-electron chi connectivity index (χ3n) is 2.98. The fourth-order valence-corrected chi connectivity index (χ4v) is 2.73. The van der Waals surface area contributed by atoms with Crippen LogP contribution in [-0.2, 0) is 0 Å². The zero-order valence-electron chi connectivity index (χ0n) is 12.7. The van der Waals surface area contributed by atoms with Crippen molar-refractivity contribution in [2.45, 2.75) is 20.8 Å². The Bertz CT molecular complexity index is 919.